The highest BCUT2D eigenvalue weighted by molar-refractivity contribution is 5.89. The van der Waals surface area contributed by atoms with Gasteiger partial charge in [-0.2, -0.15) is 0 Å². The molecule has 1 saturated heterocycles. The van der Waals surface area contributed by atoms with E-state index in [0.717, 1.165) is 86.5 Å². The molecule has 0 bridgehead atoms. The quantitative estimate of drug-likeness (QED) is 0.144. The van der Waals surface area contributed by atoms with Crippen LogP contribution in [0.2, 0.25) is 0 Å². The molecule has 0 radical (unpaired) electrons. The summed E-state index contributed by atoms with van der Waals surface area (Å²) in [5.41, 5.74) is 11.4. The molecular formula is C35H45N7O2. The first-order valence-corrected chi connectivity index (χ1v) is 15.7. The fourth-order valence-corrected chi connectivity index (χ4v) is 5.31. The number of hydrogen-bond donors (Lipinski definition) is 2. The van der Waals surface area contributed by atoms with Crippen molar-refractivity contribution in [3.8, 4) is 16.9 Å². The first-order chi connectivity index (χ1) is 21.6. The molecule has 1 aromatic carbocycles. The van der Waals surface area contributed by atoms with Crippen LogP contribution in [0.4, 0.5) is 5.82 Å². The molecule has 0 atom stereocenters. The molecule has 4 heterocycles. The summed E-state index contributed by atoms with van der Waals surface area (Å²) in [6, 6.07) is 20.7. The molecule has 1 aliphatic carbocycles. The van der Waals surface area contributed by atoms with E-state index in [9.17, 15) is 9.59 Å². The lowest BCUT2D eigenvalue weighted by atomic mass is 10.1. The molecule has 2 amide bonds. The van der Waals surface area contributed by atoms with Crippen LogP contribution in [0.1, 0.15) is 51.1 Å². The molecule has 232 valence electrons. The molecule has 2 aliphatic rings. The Morgan fingerprint density at radius 2 is 1.77 bits per heavy atom. The third kappa shape index (κ3) is 8.32. The van der Waals surface area contributed by atoms with E-state index >= 15 is 0 Å². The number of unbranched alkanes of at least 4 members (excludes halogenated alkanes) is 1. The van der Waals surface area contributed by atoms with E-state index in [0.29, 0.717) is 11.7 Å². The van der Waals surface area contributed by atoms with Gasteiger partial charge in [0.1, 0.15) is 11.5 Å². The van der Waals surface area contributed by atoms with Crippen molar-refractivity contribution in [3.63, 3.8) is 0 Å². The second-order valence-electron chi connectivity index (χ2n) is 10.7. The van der Waals surface area contributed by atoms with E-state index in [4.69, 9.17) is 10.7 Å². The van der Waals surface area contributed by atoms with E-state index in [2.05, 4.69) is 56.7 Å². The summed E-state index contributed by atoms with van der Waals surface area (Å²) in [4.78, 5) is 34.8. The van der Waals surface area contributed by atoms with E-state index in [1.54, 1.807) is 6.20 Å². The van der Waals surface area contributed by atoms with Gasteiger partial charge in [0.15, 0.2) is 0 Å². The number of carbonyl (C=O) groups is 2. The summed E-state index contributed by atoms with van der Waals surface area (Å²) in [7, 11) is 0. The van der Waals surface area contributed by atoms with Crippen LogP contribution in [-0.2, 0) is 9.59 Å². The molecule has 3 N–H and O–H groups in total. The lowest BCUT2D eigenvalue weighted by Gasteiger charge is -2.34. The zero-order chi connectivity index (χ0) is 31.3. The van der Waals surface area contributed by atoms with Gasteiger partial charge in [0, 0.05) is 67.2 Å². The number of pyridine rings is 2. The summed E-state index contributed by atoms with van der Waals surface area (Å²) in [5, 5.41) is 3.77. The SMILES string of the molecule is C=CC(=O)N1CCN(CCCCNC=O)CC1.CC.Nc1ncccc1-c1cc2ccc(C3CC3)nc2n1-c1ccccc1. The Labute approximate surface area is 260 Å². The Bertz CT molecular complexity index is 1510. The molecule has 9 heteroatoms. The van der Waals surface area contributed by atoms with Gasteiger partial charge in [0.05, 0.1) is 5.69 Å². The van der Waals surface area contributed by atoms with Crippen LogP contribution < -0.4 is 11.1 Å². The van der Waals surface area contributed by atoms with E-state index in [1.807, 2.05) is 49.1 Å². The number of rotatable bonds is 10. The third-order valence-corrected chi connectivity index (χ3v) is 7.78. The highest BCUT2D eigenvalue weighted by atomic mass is 16.2. The number of fused-ring (bicyclic) bond motifs is 1. The number of nitrogens with two attached hydrogens (primary N) is 1. The third-order valence-electron chi connectivity index (χ3n) is 7.78. The standard InChI is InChI=1S/C21H18N4.C12H21N3O2.C2H6/c22-20-17(7-4-12-23-20)19-13-15-10-11-18(14-8-9-14)24-21(15)25(19)16-5-2-1-3-6-16;1-2-12(17)15-9-7-14(8-10-15)6-4-3-5-13-11-16;1-2/h1-7,10-14H,8-9H2,(H2,22,23);2,11H,1,3-10H2,(H,13,16);1-2H3. The molecule has 4 aromatic rings. The topological polar surface area (TPSA) is 109 Å². The number of amides is 2. The summed E-state index contributed by atoms with van der Waals surface area (Å²) < 4.78 is 2.19. The van der Waals surface area contributed by atoms with E-state index in [-0.39, 0.29) is 5.91 Å². The van der Waals surface area contributed by atoms with Gasteiger partial charge in [-0.15, -0.1) is 0 Å². The second kappa shape index (κ2) is 16.4. The molecule has 3 aromatic heterocycles. The van der Waals surface area contributed by atoms with E-state index in [1.165, 1.54) is 24.6 Å². The lowest BCUT2D eigenvalue weighted by Crippen LogP contribution is -2.48. The van der Waals surface area contributed by atoms with Crippen molar-refractivity contribution in [3.05, 3.63) is 85.2 Å². The number of nitrogens with one attached hydrogen (secondary N) is 1. The van der Waals surface area contributed by atoms with Crippen LogP contribution in [0.5, 0.6) is 0 Å². The van der Waals surface area contributed by atoms with Crippen molar-refractivity contribution in [1.29, 1.82) is 0 Å². The van der Waals surface area contributed by atoms with Gasteiger partial charge in [-0.05, 0) is 80.8 Å². The van der Waals surface area contributed by atoms with Crippen molar-refractivity contribution in [1.82, 2.24) is 29.7 Å². The number of anilines is 1. The first-order valence-electron chi connectivity index (χ1n) is 15.7. The Balaban J connectivity index is 0.000000205. The summed E-state index contributed by atoms with van der Waals surface area (Å²) in [6.45, 7) is 12.7. The van der Waals surface area contributed by atoms with Gasteiger partial charge in [-0.3, -0.25) is 19.1 Å². The highest BCUT2D eigenvalue weighted by Gasteiger charge is 2.26. The maximum absolute atomic E-state index is 11.4. The van der Waals surface area contributed by atoms with Gasteiger partial charge in [0.25, 0.3) is 0 Å². The molecular weight excluding hydrogens is 550 g/mol. The zero-order valence-electron chi connectivity index (χ0n) is 26.0. The summed E-state index contributed by atoms with van der Waals surface area (Å²) >= 11 is 0. The van der Waals surface area contributed by atoms with Crippen LogP contribution in [0.3, 0.4) is 0 Å². The maximum Gasteiger partial charge on any atom is 0.246 e. The van der Waals surface area contributed by atoms with Gasteiger partial charge in [0.2, 0.25) is 12.3 Å². The van der Waals surface area contributed by atoms with Crippen LogP contribution in [-0.4, -0.2) is 75.9 Å². The average molecular weight is 596 g/mol. The number of nitrogen functional groups attached to an aromatic ring is 1. The number of carbonyl (C=O) groups excluding carboxylic acids is 2. The Kier molecular flexibility index (Phi) is 12.1. The normalized spacial score (nSPS) is 14.5. The largest absolute Gasteiger partial charge is 0.383 e. The highest BCUT2D eigenvalue weighted by Crippen LogP contribution is 2.40. The van der Waals surface area contributed by atoms with E-state index < -0.39 is 0 Å². The lowest BCUT2D eigenvalue weighted by molar-refractivity contribution is -0.127. The van der Waals surface area contributed by atoms with Crippen LogP contribution in [0.15, 0.2) is 79.5 Å². The van der Waals surface area contributed by atoms with Gasteiger partial charge in [-0.1, -0.05) is 38.6 Å². The molecule has 1 saturated carbocycles. The number of para-hydroxylation sites is 1. The maximum atomic E-state index is 11.4. The summed E-state index contributed by atoms with van der Waals surface area (Å²) in [6.07, 6.45) is 8.40. The fraction of sp³-hybridized carbons (Fsp3) is 0.371. The van der Waals surface area contributed by atoms with Crippen LogP contribution >= 0.6 is 0 Å². The first kappa shape index (κ1) is 32.4. The summed E-state index contributed by atoms with van der Waals surface area (Å²) in [5.74, 6) is 1.18. The van der Waals surface area contributed by atoms with Crippen molar-refractivity contribution >= 4 is 29.2 Å². The predicted octanol–water partition coefficient (Wildman–Crippen LogP) is 5.42. The fourth-order valence-electron chi connectivity index (χ4n) is 5.31. The molecule has 2 fully saturated rings. The minimum Gasteiger partial charge on any atom is -0.383 e. The molecule has 0 spiro atoms. The zero-order valence-corrected chi connectivity index (χ0v) is 26.0. The smallest absolute Gasteiger partial charge is 0.246 e. The minimum absolute atomic E-state index is 0.0276. The number of aromatic nitrogens is 3. The predicted molar refractivity (Wildman–Crippen MR) is 179 cm³/mol. The van der Waals surface area contributed by atoms with Crippen molar-refractivity contribution in [2.45, 2.75) is 45.4 Å². The molecule has 1 aliphatic heterocycles. The Morgan fingerprint density at radius 1 is 1.02 bits per heavy atom. The van der Waals surface area contributed by atoms with Gasteiger partial charge < -0.3 is 16.0 Å². The van der Waals surface area contributed by atoms with Gasteiger partial charge in [-0.25, -0.2) is 9.97 Å². The number of benzene rings is 1. The number of hydrogen-bond acceptors (Lipinski definition) is 6. The molecule has 6 rings (SSSR count). The van der Waals surface area contributed by atoms with Crippen molar-refractivity contribution in [2.24, 2.45) is 0 Å². The van der Waals surface area contributed by atoms with Crippen molar-refractivity contribution in [2.75, 3.05) is 45.0 Å². The van der Waals surface area contributed by atoms with Crippen molar-refractivity contribution < 1.29 is 9.59 Å². The second-order valence-corrected chi connectivity index (χ2v) is 10.7. The average Bonchev–Trinajstić information content (AvgIpc) is 3.86. The number of piperazine rings is 1. The molecule has 9 nitrogen and oxygen atoms in total. The van der Waals surface area contributed by atoms with Crippen LogP contribution in [0, 0.1) is 0 Å². The monoisotopic (exact) mass is 595 g/mol. The molecule has 0 unspecified atom stereocenters. The number of nitrogens with zero attached hydrogens (tertiary/aromatic N) is 5. The Hall–Kier alpha value is -4.50. The minimum atomic E-state index is 0.0276. The van der Waals surface area contributed by atoms with Crippen LogP contribution in [0.25, 0.3) is 28.0 Å². The van der Waals surface area contributed by atoms with Gasteiger partial charge >= 0.3 is 0 Å². The molecule has 44 heavy (non-hydrogen) atoms. The Morgan fingerprint density at radius 3 is 2.43 bits per heavy atom.